The second-order valence-electron chi connectivity index (χ2n) is 16.8. The van der Waals surface area contributed by atoms with E-state index in [0.717, 1.165) is 72.4 Å². The van der Waals surface area contributed by atoms with E-state index in [1.54, 1.807) is 6.07 Å². The molecule has 6 aromatic carbocycles. The number of aromatic nitrogens is 2. The summed E-state index contributed by atoms with van der Waals surface area (Å²) in [5, 5.41) is 14.4. The van der Waals surface area contributed by atoms with Crippen LogP contribution in [0.15, 0.2) is 152 Å². The van der Waals surface area contributed by atoms with Crippen LogP contribution in [0.25, 0.3) is 44.1 Å². The van der Waals surface area contributed by atoms with Gasteiger partial charge in [-0.3, -0.25) is 4.98 Å². The Bertz CT molecular complexity index is 2690. The topological polar surface area (TPSA) is 55.2 Å². The molecule has 4 heteroatoms. The molecule has 0 unspecified atom stereocenters. The predicted molar refractivity (Wildman–Crippen MR) is 225 cm³/mol. The van der Waals surface area contributed by atoms with Crippen LogP contribution in [0, 0.1) is 0 Å². The van der Waals surface area contributed by atoms with Crippen molar-refractivity contribution < 1.29 is 9.84 Å². The largest absolute Gasteiger partial charge is 0.507 e. The molecule has 0 radical (unpaired) electrons. The Morgan fingerprint density at radius 2 is 1.18 bits per heavy atom. The first kappa shape index (κ1) is 34.5. The van der Waals surface area contributed by atoms with Crippen LogP contribution >= 0.6 is 0 Å². The molecule has 0 aliphatic carbocycles. The van der Waals surface area contributed by atoms with Crippen LogP contribution in [0.4, 0.5) is 0 Å². The van der Waals surface area contributed by atoms with Crippen LogP contribution < -0.4 is 4.74 Å². The van der Waals surface area contributed by atoms with Crippen molar-refractivity contribution in [3.63, 3.8) is 0 Å². The number of pyridine rings is 2. The van der Waals surface area contributed by atoms with Gasteiger partial charge in [-0.1, -0.05) is 139 Å². The summed E-state index contributed by atoms with van der Waals surface area (Å²) >= 11 is 0. The SMILES string of the molecule is CC(C)(C)c1cc(-c2cc(-c3ccccc3O)nc3c2ccc2ccc(C4(c5ccccn5)c5ccccc5Oc5ccccc54)cc23)cc(C(C)(C)C)c1. The summed E-state index contributed by atoms with van der Waals surface area (Å²) in [5.41, 5.74) is 10.2. The fourth-order valence-corrected chi connectivity index (χ4v) is 8.27. The zero-order valence-electron chi connectivity index (χ0n) is 32.2. The highest BCUT2D eigenvalue weighted by Gasteiger charge is 2.46. The van der Waals surface area contributed by atoms with Gasteiger partial charge in [0, 0.05) is 33.7 Å². The average molecular weight is 717 g/mol. The Balaban J connectivity index is 1.41. The third kappa shape index (κ3) is 5.67. The molecule has 270 valence electrons. The van der Waals surface area contributed by atoms with Crippen LogP contribution in [0.1, 0.15) is 75.1 Å². The maximum atomic E-state index is 11.2. The highest BCUT2D eigenvalue weighted by Crippen LogP contribution is 2.55. The molecule has 9 rings (SSSR count). The fraction of sp³-hybridized carbons (Fsp3) is 0.176. The molecular weight excluding hydrogens is 673 g/mol. The number of phenolic OH excluding ortho intramolecular Hbond substituents is 1. The third-order valence-electron chi connectivity index (χ3n) is 11.2. The molecule has 1 N–H and O–H groups in total. The van der Waals surface area contributed by atoms with Gasteiger partial charge in [0.05, 0.1) is 22.3 Å². The first-order valence-electron chi connectivity index (χ1n) is 19.0. The first-order valence-corrected chi connectivity index (χ1v) is 19.0. The lowest BCUT2D eigenvalue weighted by atomic mass is 9.65. The number of fused-ring (bicyclic) bond motifs is 5. The van der Waals surface area contributed by atoms with E-state index < -0.39 is 5.41 Å². The van der Waals surface area contributed by atoms with E-state index in [9.17, 15) is 5.11 Å². The van der Waals surface area contributed by atoms with Gasteiger partial charge in [0.1, 0.15) is 17.2 Å². The van der Waals surface area contributed by atoms with Gasteiger partial charge in [0.25, 0.3) is 0 Å². The lowest BCUT2D eigenvalue weighted by Crippen LogP contribution is -2.35. The molecule has 0 amide bonds. The Kier molecular flexibility index (Phi) is 7.95. The minimum absolute atomic E-state index is 0.0585. The maximum Gasteiger partial charge on any atom is 0.132 e. The highest BCUT2D eigenvalue weighted by atomic mass is 16.5. The van der Waals surface area contributed by atoms with Gasteiger partial charge in [-0.2, -0.15) is 0 Å². The van der Waals surface area contributed by atoms with Crippen LogP contribution in [0.2, 0.25) is 0 Å². The van der Waals surface area contributed by atoms with Crippen LogP contribution in [-0.4, -0.2) is 15.1 Å². The van der Waals surface area contributed by atoms with Crippen LogP contribution in [0.3, 0.4) is 0 Å². The van der Waals surface area contributed by atoms with Crippen molar-refractivity contribution in [3.05, 3.63) is 185 Å². The van der Waals surface area contributed by atoms with Gasteiger partial charge in [-0.05, 0) is 92.6 Å². The summed E-state index contributed by atoms with van der Waals surface area (Å²) in [6, 6.07) is 50.6. The van der Waals surface area contributed by atoms with E-state index in [1.807, 2.05) is 54.7 Å². The molecule has 0 spiro atoms. The van der Waals surface area contributed by atoms with Gasteiger partial charge in [0.15, 0.2) is 0 Å². The predicted octanol–water partition coefficient (Wildman–Crippen LogP) is 12.9. The van der Waals surface area contributed by atoms with Gasteiger partial charge >= 0.3 is 0 Å². The number of hydrogen-bond acceptors (Lipinski definition) is 4. The Morgan fingerprint density at radius 1 is 0.564 bits per heavy atom. The first-order chi connectivity index (χ1) is 26.4. The number of nitrogens with zero attached hydrogens (tertiary/aromatic N) is 2. The lowest BCUT2D eigenvalue weighted by molar-refractivity contribution is 0.432. The van der Waals surface area contributed by atoms with Gasteiger partial charge in [-0.25, -0.2) is 4.98 Å². The normalized spacial score (nSPS) is 13.6. The van der Waals surface area contributed by atoms with Crippen molar-refractivity contribution >= 4 is 21.7 Å². The van der Waals surface area contributed by atoms with Crippen molar-refractivity contribution in [3.8, 4) is 39.6 Å². The average Bonchev–Trinajstić information content (AvgIpc) is 3.19. The van der Waals surface area contributed by atoms with Crippen LogP contribution in [-0.2, 0) is 16.2 Å². The molecule has 4 nitrogen and oxygen atoms in total. The van der Waals surface area contributed by atoms with Gasteiger partial charge < -0.3 is 9.84 Å². The van der Waals surface area contributed by atoms with E-state index in [2.05, 4.69) is 133 Å². The fourth-order valence-electron chi connectivity index (χ4n) is 8.27. The minimum Gasteiger partial charge on any atom is -0.507 e. The number of hydrogen-bond donors (Lipinski definition) is 1. The third-order valence-corrected chi connectivity index (χ3v) is 11.2. The summed E-state index contributed by atoms with van der Waals surface area (Å²) < 4.78 is 6.58. The molecular formula is C51H44N2O2. The number of ether oxygens (including phenoxy) is 1. The van der Waals surface area contributed by atoms with E-state index in [4.69, 9.17) is 14.7 Å². The molecule has 0 bridgehead atoms. The second kappa shape index (κ2) is 12.7. The minimum atomic E-state index is -0.774. The second-order valence-corrected chi connectivity index (χ2v) is 16.8. The molecule has 0 saturated heterocycles. The van der Waals surface area contributed by atoms with E-state index in [0.29, 0.717) is 5.56 Å². The number of benzene rings is 6. The maximum absolute atomic E-state index is 11.2. The molecule has 2 aromatic heterocycles. The van der Waals surface area contributed by atoms with Crippen molar-refractivity contribution in [2.75, 3.05) is 0 Å². The van der Waals surface area contributed by atoms with Crippen molar-refractivity contribution in [2.45, 2.75) is 57.8 Å². The summed E-state index contributed by atoms with van der Waals surface area (Å²) in [6.45, 7) is 13.6. The molecule has 0 saturated carbocycles. The molecule has 1 aliphatic heterocycles. The molecule has 0 atom stereocenters. The molecule has 55 heavy (non-hydrogen) atoms. The zero-order valence-corrected chi connectivity index (χ0v) is 32.2. The Labute approximate surface area is 323 Å². The van der Waals surface area contributed by atoms with Gasteiger partial charge in [0.2, 0.25) is 0 Å². The van der Waals surface area contributed by atoms with E-state index >= 15 is 0 Å². The highest BCUT2D eigenvalue weighted by molar-refractivity contribution is 6.11. The van der Waals surface area contributed by atoms with Crippen molar-refractivity contribution in [2.24, 2.45) is 0 Å². The van der Waals surface area contributed by atoms with Crippen molar-refractivity contribution in [1.29, 1.82) is 0 Å². The van der Waals surface area contributed by atoms with E-state index in [-0.39, 0.29) is 16.6 Å². The number of aromatic hydroxyl groups is 1. The number of para-hydroxylation sites is 3. The molecule has 1 aliphatic rings. The summed E-state index contributed by atoms with van der Waals surface area (Å²) in [4.78, 5) is 10.5. The van der Waals surface area contributed by atoms with Crippen LogP contribution in [0.5, 0.6) is 17.2 Å². The van der Waals surface area contributed by atoms with Gasteiger partial charge in [-0.15, -0.1) is 0 Å². The summed E-state index contributed by atoms with van der Waals surface area (Å²) in [6.07, 6.45) is 1.87. The molecule has 3 heterocycles. The number of rotatable bonds is 4. The quantitative estimate of drug-likeness (QED) is 0.184. The lowest BCUT2D eigenvalue weighted by Gasteiger charge is -2.40. The Morgan fingerprint density at radius 3 is 1.82 bits per heavy atom. The summed E-state index contributed by atoms with van der Waals surface area (Å²) in [7, 11) is 0. The van der Waals surface area contributed by atoms with E-state index in [1.165, 1.54) is 11.1 Å². The Hall–Kier alpha value is -6.26. The number of phenols is 1. The standard InChI is InChI=1S/C51H44N2O2/c1-49(2,3)35-27-33(28-36(29-35)50(4,5)6)39-31-43(38-15-7-10-18-44(38)54)53-48-37(39)25-23-32-22-24-34(30-40(32)48)51(47-21-13-14-26-52-47)41-16-8-11-19-45(41)55-46-20-12-9-17-42(46)51/h7-31,54H,1-6H3. The smallest absolute Gasteiger partial charge is 0.132 e. The molecule has 0 fully saturated rings. The molecule has 8 aromatic rings. The monoisotopic (exact) mass is 716 g/mol. The zero-order chi connectivity index (χ0) is 38.1. The van der Waals surface area contributed by atoms with Crippen molar-refractivity contribution in [1.82, 2.24) is 9.97 Å². The summed E-state index contributed by atoms with van der Waals surface area (Å²) in [5.74, 6) is 1.81.